The Labute approximate surface area is 169 Å². The largest absolute Gasteiger partial charge is 0.455 e. The molecule has 0 bridgehead atoms. The molecular formula is C21H24ClNO3S. The summed E-state index contributed by atoms with van der Waals surface area (Å²) < 4.78 is 5.14. The van der Waals surface area contributed by atoms with Crippen molar-refractivity contribution in [3.8, 4) is 0 Å². The highest BCUT2D eigenvalue weighted by atomic mass is 35.5. The van der Waals surface area contributed by atoms with Crippen molar-refractivity contribution < 1.29 is 14.3 Å². The minimum absolute atomic E-state index is 0.136. The summed E-state index contributed by atoms with van der Waals surface area (Å²) in [5.74, 6) is -0.0152. The normalized spacial score (nSPS) is 19.6. The molecule has 1 N–H and O–H groups in total. The standard InChI is InChI=1S/C21H24ClNO3S/c1-14-6-2-3-10-17(14)23-19(24)12-26-20(25)13-27-18-11-5-8-15-7-4-9-16(22)21(15)18/h4-5,7-9,11,14,17H,2-3,6,10,12-13H2,1H3,(H,23,24)/t14-,17-/m0/s1. The Morgan fingerprint density at radius 2 is 1.93 bits per heavy atom. The quantitative estimate of drug-likeness (QED) is 0.552. The van der Waals surface area contributed by atoms with Crippen molar-refractivity contribution in [3.63, 3.8) is 0 Å². The molecule has 1 saturated carbocycles. The van der Waals surface area contributed by atoms with Gasteiger partial charge in [0, 0.05) is 21.3 Å². The van der Waals surface area contributed by atoms with Crippen LogP contribution in [0.25, 0.3) is 10.8 Å². The second kappa shape index (κ2) is 9.47. The first-order valence-corrected chi connectivity index (χ1v) is 10.7. The third-order valence-electron chi connectivity index (χ3n) is 4.98. The summed E-state index contributed by atoms with van der Waals surface area (Å²) in [4.78, 5) is 25.0. The fraction of sp³-hybridized carbons (Fsp3) is 0.429. The van der Waals surface area contributed by atoms with Gasteiger partial charge < -0.3 is 10.1 Å². The van der Waals surface area contributed by atoms with E-state index in [1.54, 1.807) is 0 Å². The average molecular weight is 406 g/mol. The molecule has 0 aromatic heterocycles. The number of ether oxygens (including phenoxy) is 1. The number of nitrogens with one attached hydrogen (secondary N) is 1. The van der Waals surface area contributed by atoms with Gasteiger partial charge in [-0.25, -0.2) is 0 Å². The molecule has 0 radical (unpaired) electrons. The number of hydrogen-bond donors (Lipinski definition) is 1. The molecule has 2 aromatic rings. The predicted octanol–water partition coefficient (Wildman–Crippen LogP) is 4.82. The van der Waals surface area contributed by atoms with Crippen LogP contribution in [0.5, 0.6) is 0 Å². The van der Waals surface area contributed by atoms with Crippen LogP contribution in [0, 0.1) is 5.92 Å². The molecule has 1 aliphatic carbocycles. The maximum absolute atomic E-state index is 12.0. The van der Waals surface area contributed by atoms with Gasteiger partial charge in [-0.05, 0) is 36.3 Å². The number of carbonyl (C=O) groups excluding carboxylic acids is 2. The fourth-order valence-corrected chi connectivity index (χ4v) is 4.73. The summed E-state index contributed by atoms with van der Waals surface area (Å²) >= 11 is 7.67. The molecule has 0 heterocycles. The molecule has 0 saturated heterocycles. The van der Waals surface area contributed by atoms with Crippen molar-refractivity contribution in [3.05, 3.63) is 41.4 Å². The zero-order valence-corrected chi connectivity index (χ0v) is 16.9. The number of hydrogen-bond acceptors (Lipinski definition) is 4. The van der Waals surface area contributed by atoms with Gasteiger partial charge in [0.1, 0.15) is 0 Å². The maximum Gasteiger partial charge on any atom is 0.316 e. The number of thioether (sulfide) groups is 1. The summed E-state index contributed by atoms with van der Waals surface area (Å²) in [6, 6.07) is 11.8. The molecule has 0 aliphatic heterocycles. The molecule has 1 aliphatic rings. The third-order valence-corrected chi connectivity index (χ3v) is 6.33. The van der Waals surface area contributed by atoms with Crippen LogP contribution in [-0.4, -0.2) is 30.3 Å². The topological polar surface area (TPSA) is 55.4 Å². The highest BCUT2D eigenvalue weighted by molar-refractivity contribution is 8.00. The molecular weight excluding hydrogens is 382 g/mol. The molecule has 0 spiro atoms. The first-order chi connectivity index (χ1) is 13.0. The molecule has 0 unspecified atom stereocenters. The van der Waals surface area contributed by atoms with Gasteiger partial charge >= 0.3 is 5.97 Å². The summed E-state index contributed by atoms with van der Waals surface area (Å²) in [6.45, 7) is 1.93. The summed E-state index contributed by atoms with van der Waals surface area (Å²) in [5.41, 5.74) is 0. The maximum atomic E-state index is 12.0. The van der Waals surface area contributed by atoms with E-state index in [4.69, 9.17) is 16.3 Å². The predicted molar refractivity (Wildman–Crippen MR) is 110 cm³/mol. The second-order valence-electron chi connectivity index (χ2n) is 6.98. The minimum Gasteiger partial charge on any atom is -0.455 e. The number of esters is 1. The lowest BCUT2D eigenvalue weighted by molar-refractivity contribution is -0.146. The van der Waals surface area contributed by atoms with Crippen LogP contribution in [0.2, 0.25) is 5.02 Å². The van der Waals surface area contributed by atoms with Crippen molar-refractivity contribution in [2.24, 2.45) is 5.92 Å². The van der Waals surface area contributed by atoms with Crippen LogP contribution in [0.15, 0.2) is 41.3 Å². The lowest BCUT2D eigenvalue weighted by Gasteiger charge is -2.29. The number of fused-ring (bicyclic) bond motifs is 1. The van der Waals surface area contributed by atoms with E-state index in [0.717, 1.165) is 34.9 Å². The lowest BCUT2D eigenvalue weighted by atomic mass is 9.86. The second-order valence-corrected chi connectivity index (χ2v) is 8.40. The van der Waals surface area contributed by atoms with Crippen molar-refractivity contribution in [1.29, 1.82) is 0 Å². The van der Waals surface area contributed by atoms with Crippen molar-refractivity contribution >= 4 is 46.0 Å². The summed E-state index contributed by atoms with van der Waals surface area (Å²) in [6.07, 6.45) is 4.49. The van der Waals surface area contributed by atoms with Gasteiger partial charge in [0.2, 0.25) is 0 Å². The Morgan fingerprint density at radius 3 is 2.70 bits per heavy atom. The molecule has 6 heteroatoms. The number of halogens is 1. The molecule has 144 valence electrons. The monoisotopic (exact) mass is 405 g/mol. The molecule has 4 nitrogen and oxygen atoms in total. The van der Waals surface area contributed by atoms with E-state index in [1.807, 2.05) is 36.4 Å². The molecule has 1 fully saturated rings. The Balaban J connectivity index is 1.48. The minimum atomic E-state index is -0.407. The number of amides is 1. The van der Waals surface area contributed by atoms with Crippen LogP contribution >= 0.6 is 23.4 Å². The molecule has 27 heavy (non-hydrogen) atoms. The lowest BCUT2D eigenvalue weighted by Crippen LogP contribution is -2.43. The molecule has 2 atom stereocenters. The number of benzene rings is 2. The SMILES string of the molecule is C[C@H]1CCCC[C@@H]1NC(=O)COC(=O)CSc1cccc2cccc(Cl)c12. The van der Waals surface area contributed by atoms with Crippen molar-refractivity contribution in [1.82, 2.24) is 5.32 Å². The number of carbonyl (C=O) groups is 2. The first kappa shape index (κ1) is 20.0. The summed E-state index contributed by atoms with van der Waals surface area (Å²) in [7, 11) is 0. The van der Waals surface area contributed by atoms with Crippen LogP contribution in [0.3, 0.4) is 0 Å². The van der Waals surface area contributed by atoms with Crippen molar-refractivity contribution in [2.75, 3.05) is 12.4 Å². The van der Waals surface area contributed by atoms with E-state index >= 15 is 0 Å². The van der Waals surface area contributed by atoms with Crippen LogP contribution in [-0.2, 0) is 14.3 Å². The third kappa shape index (κ3) is 5.39. The van der Waals surface area contributed by atoms with Crippen LogP contribution in [0.4, 0.5) is 0 Å². The fourth-order valence-electron chi connectivity index (χ4n) is 3.49. The Morgan fingerprint density at radius 1 is 1.19 bits per heavy atom. The van der Waals surface area contributed by atoms with E-state index in [0.29, 0.717) is 10.9 Å². The highest BCUT2D eigenvalue weighted by Crippen LogP contribution is 2.33. The Bertz CT molecular complexity index is 821. The zero-order valence-electron chi connectivity index (χ0n) is 15.4. The summed E-state index contributed by atoms with van der Waals surface area (Å²) in [5, 5.41) is 5.61. The van der Waals surface area contributed by atoms with Crippen molar-refractivity contribution in [2.45, 2.75) is 43.5 Å². The van der Waals surface area contributed by atoms with Crippen LogP contribution < -0.4 is 5.32 Å². The molecule has 1 amide bonds. The average Bonchev–Trinajstić information content (AvgIpc) is 2.66. The molecule has 3 rings (SSSR count). The first-order valence-electron chi connectivity index (χ1n) is 9.29. The van der Waals surface area contributed by atoms with Crippen LogP contribution in [0.1, 0.15) is 32.6 Å². The van der Waals surface area contributed by atoms with Gasteiger partial charge in [-0.2, -0.15) is 0 Å². The van der Waals surface area contributed by atoms with E-state index < -0.39 is 5.97 Å². The van der Waals surface area contributed by atoms with E-state index in [9.17, 15) is 9.59 Å². The van der Waals surface area contributed by atoms with E-state index in [2.05, 4.69) is 12.2 Å². The zero-order chi connectivity index (χ0) is 19.2. The van der Waals surface area contributed by atoms with Gasteiger partial charge in [0.15, 0.2) is 6.61 Å². The van der Waals surface area contributed by atoms with Gasteiger partial charge in [0.05, 0.1) is 5.75 Å². The number of rotatable bonds is 6. The van der Waals surface area contributed by atoms with Gasteiger partial charge in [-0.15, -0.1) is 11.8 Å². The highest BCUT2D eigenvalue weighted by Gasteiger charge is 2.23. The van der Waals surface area contributed by atoms with Gasteiger partial charge in [-0.3, -0.25) is 9.59 Å². The molecule has 2 aromatic carbocycles. The van der Waals surface area contributed by atoms with E-state index in [1.165, 1.54) is 18.2 Å². The Hall–Kier alpha value is -1.72. The van der Waals surface area contributed by atoms with Gasteiger partial charge in [0.25, 0.3) is 5.91 Å². The van der Waals surface area contributed by atoms with E-state index in [-0.39, 0.29) is 24.3 Å². The van der Waals surface area contributed by atoms with Gasteiger partial charge in [-0.1, -0.05) is 55.6 Å². The Kier molecular flexibility index (Phi) is 7.02. The smallest absolute Gasteiger partial charge is 0.316 e.